The van der Waals surface area contributed by atoms with Crippen molar-refractivity contribution in [3.05, 3.63) is 30.1 Å². The summed E-state index contributed by atoms with van der Waals surface area (Å²) in [6, 6.07) is 2.23. The number of aliphatic hydroxyl groups excluding tert-OH is 2. The van der Waals surface area contributed by atoms with Gasteiger partial charge in [0, 0.05) is 25.5 Å². The Morgan fingerprint density at radius 1 is 1.50 bits per heavy atom. The lowest BCUT2D eigenvalue weighted by Crippen LogP contribution is -2.46. The van der Waals surface area contributed by atoms with Crippen molar-refractivity contribution < 1.29 is 15.0 Å². The summed E-state index contributed by atoms with van der Waals surface area (Å²) in [4.78, 5) is 17.3. The largest absolute Gasteiger partial charge is 0.391 e. The van der Waals surface area contributed by atoms with Crippen LogP contribution < -0.4 is 5.73 Å². The van der Waals surface area contributed by atoms with Gasteiger partial charge in [-0.3, -0.25) is 9.78 Å². The van der Waals surface area contributed by atoms with E-state index >= 15 is 0 Å². The molecular weight excluding hydrogens is 234 g/mol. The second-order valence-electron chi connectivity index (χ2n) is 4.48. The van der Waals surface area contributed by atoms with Crippen LogP contribution in [0.2, 0.25) is 0 Å². The van der Waals surface area contributed by atoms with E-state index in [1.54, 1.807) is 12.1 Å². The van der Waals surface area contributed by atoms with Crippen LogP contribution in [0.4, 0.5) is 0 Å². The zero-order valence-electron chi connectivity index (χ0n) is 9.94. The van der Waals surface area contributed by atoms with Gasteiger partial charge in [-0.05, 0) is 24.1 Å². The summed E-state index contributed by atoms with van der Waals surface area (Å²) in [7, 11) is 0. The molecule has 2 rings (SSSR count). The highest BCUT2D eigenvalue weighted by atomic mass is 16.3. The molecule has 0 unspecified atom stereocenters. The van der Waals surface area contributed by atoms with Crippen LogP contribution in [-0.2, 0) is 4.79 Å². The molecule has 6 nitrogen and oxygen atoms in total. The predicted octanol–water partition coefficient (Wildman–Crippen LogP) is -0.964. The minimum Gasteiger partial charge on any atom is -0.391 e. The number of carbonyl (C=O) groups excluding carboxylic acids is 1. The van der Waals surface area contributed by atoms with Gasteiger partial charge in [-0.15, -0.1) is 0 Å². The van der Waals surface area contributed by atoms with E-state index in [-0.39, 0.29) is 12.5 Å². The Hall–Kier alpha value is -1.50. The summed E-state index contributed by atoms with van der Waals surface area (Å²) in [6.07, 6.45) is 2.09. The summed E-state index contributed by atoms with van der Waals surface area (Å²) >= 11 is 0. The van der Waals surface area contributed by atoms with Gasteiger partial charge in [0.1, 0.15) is 12.1 Å². The van der Waals surface area contributed by atoms with Crippen molar-refractivity contribution in [1.29, 1.82) is 0 Å². The van der Waals surface area contributed by atoms with E-state index in [0.29, 0.717) is 18.5 Å². The first-order valence-corrected chi connectivity index (χ1v) is 5.90. The van der Waals surface area contributed by atoms with Crippen LogP contribution in [0.3, 0.4) is 0 Å². The third kappa shape index (κ3) is 2.66. The van der Waals surface area contributed by atoms with Crippen molar-refractivity contribution in [3.8, 4) is 0 Å². The van der Waals surface area contributed by atoms with E-state index < -0.39 is 18.2 Å². The average Bonchev–Trinajstić information content (AvgIpc) is 2.84. The van der Waals surface area contributed by atoms with Gasteiger partial charge in [-0.2, -0.15) is 0 Å². The number of likely N-dealkylation sites (tertiary alicyclic amines) is 1. The Morgan fingerprint density at radius 3 is 2.72 bits per heavy atom. The molecule has 1 fully saturated rings. The summed E-state index contributed by atoms with van der Waals surface area (Å²) < 4.78 is 0. The van der Waals surface area contributed by atoms with Gasteiger partial charge in [-0.1, -0.05) is 0 Å². The van der Waals surface area contributed by atoms with Crippen LogP contribution in [0.1, 0.15) is 18.1 Å². The number of nitrogens with zero attached hydrogens (tertiary/aromatic N) is 2. The molecule has 0 spiro atoms. The fraction of sp³-hybridized carbons (Fsp3) is 0.500. The molecule has 6 heteroatoms. The fourth-order valence-electron chi connectivity index (χ4n) is 2.06. The second-order valence-corrected chi connectivity index (χ2v) is 4.48. The number of aromatic nitrogens is 1. The van der Waals surface area contributed by atoms with E-state index in [0.717, 1.165) is 0 Å². The predicted molar refractivity (Wildman–Crippen MR) is 64.4 cm³/mol. The van der Waals surface area contributed by atoms with Crippen molar-refractivity contribution in [2.75, 3.05) is 13.1 Å². The molecular formula is C12H17N3O3. The molecule has 1 aliphatic rings. The molecule has 0 aliphatic carbocycles. The number of hydrogen-bond donors (Lipinski definition) is 3. The second kappa shape index (κ2) is 5.43. The van der Waals surface area contributed by atoms with E-state index in [4.69, 9.17) is 5.73 Å². The van der Waals surface area contributed by atoms with Gasteiger partial charge in [0.25, 0.3) is 0 Å². The van der Waals surface area contributed by atoms with Gasteiger partial charge >= 0.3 is 0 Å². The molecule has 1 aromatic rings. The molecule has 3 atom stereocenters. The number of hydrogen-bond acceptors (Lipinski definition) is 5. The van der Waals surface area contributed by atoms with Crippen LogP contribution in [0.15, 0.2) is 24.5 Å². The van der Waals surface area contributed by atoms with Crippen molar-refractivity contribution in [1.82, 2.24) is 9.88 Å². The number of β-amino-alcohol motifs (C(OH)–C–C–N with tert-alkyl or cyclic N) is 1. The zero-order valence-corrected chi connectivity index (χ0v) is 9.94. The minimum absolute atomic E-state index is 0.287. The van der Waals surface area contributed by atoms with Crippen molar-refractivity contribution in [2.24, 2.45) is 5.73 Å². The first-order valence-electron chi connectivity index (χ1n) is 5.90. The van der Waals surface area contributed by atoms with Gasteiger partial charge < -0.3 is 20.8 Å². The fourth-order valence-corrected chi connectivity index (χ4v) is 2.06. The lowest BCUT2D eigenvalue weighted by molar-refractivity contribution is -0.134. The van der Waals surface area contributed by atoms with Crippen LogP contribution >= 0.6 is 0 Å². The molecule has 0 saturated carbocycles. The van der Waals surface area contributed by atoms with Gasteiger partial charge in [-0.25, -0.2) is 0 Å². The molecule has 4 N–H and O–H groups in total. The third-order valence-electron chi connectivity index (χ3n) is 3.15. The summed E-state index contributed by atoms with van der Waals surface area (Å²) in [5.41, 5.74) is 6.34. The first kappa shape index (κ1) is 12.9. The number of amides is 1. The molecule has 1 aliphatic heterocycles. The lowest BCUT2D eigenvalue weighted by Gasteiger charge is -2.24. The molecule has 1 amide bonds. The standard InChI is InChI=1S/C12H17N3O3/c13-10(11(17)8-1-4-14-5-2-8)12(18)15-6-3-9(16)7-15/h1-2,4-5,9-11,16-17H,3,6-7,13H2/t9-,10+,11-/m1/s1. The molecule has 18 heavy (non-hydrogen) atoms. The molecule has 0 bridgehead atoms. The van der Waals surface area contributed by atoms with E-state index in [1.165, 1.54) is 17.3 Å². The van der Waals surface area contributed by atoms with Crippen LogP contribution in [0.5, 0.6) is 0 Å². The highest BCUT2D eigenvalue weighted by Crippen LogP contribution is 2.18. The number of rotatable bonds is 3. The summed E-state index contributed by atoms with van der Waals surface area (Å²) in [5.74, 6) is -0.337. The van der Waals surface area contributed by atoms with Crippen molar-refractivity contribution >= 4 is 5.91 Å². The Balaban J connectivity index is 2.02. The molecule has 0 radical (unpaired) electrons. The first-order chi connectivity index (χ1) is 8.59. The van der Waals surface area contributed by atoms with E-state index in [9.17, 15) is 15.0 Å². The van der Waals surface area contributed by atoms with Crippen LogP contribution in [-0.4, -0.2) is 51.2 Å². The van der Waals surface area contributed by atoms with Gasteiger partial charge in [0.2, 0.25) is 5.91 Å². The van der Waals surface area contributed by atoms with Crippen molar-refractivity contribution in [3.63, 3.8) is 0 Å². The number of pyridine rings is 1. The van der Waals surface area contributed by atoms with E-state index in [1.807, 2.05) is 0 Å². The van der Waals surface area contributed by atoms with Crippen LogP contribution in [0, 0.1) is 0 Å². The highest BCUT2D eigenvalue weighted by molar-refractivity contribution is 5.82. The maximum Gasteiger partial charge on any atom is 0.242 e. The maximum atomic E-state index is 12.0. The third-order valence-corrected chi connectivity index (χ3v) is 3.15. The average molecular weight is 251 g/mol. The van der Waals surface area contributed by atoms with Crippen LogP contribution in [0.25, 0.3) is 0 Å². The Kier molecular flexibility index (Phi) is 3.90. The quantitative estimate of drug-likeness (QED) is 0.642. The molecule has 1 saturated heterocycles. The summed E-state index contributed by atoms with van der Waals surface area (Å²) in [5, 5.41) is 19.4. The Morgan fingerprint density at radius 2 is 2.17 bits per heavy atom. The molecule has 2 heterocycles. The number of nitrogens with two attached hydrogens (primary N) is 1. The summed E-state index contributed by atoms with van der Waals surface area (Å²) in [6.45, 7) is 0.770. The topological polar surface area (TPSA) is 99.7 Å². The lowest BCUT2D eigenvalue weighted by atomic mass is 10.0. The SMILES string of the molecule is N[C@H](C(=O)N1CC[C@@H](O)C1)[C@H](O)c1ccncc1. The monoisotopic (exact) mass is 251 g/mol. The number of aliphatic hydroxyl groups is 2. The Bertz CT molecular complexity index is 412. The Labute approximate surface area is 105 Å². The maximum absolute atomic E-state index is 12.0. The van der Waals surface area contributed by atoms with Gasteiger partial charge in [0.15, 0.2) is 0 Å². The smallest absolute Gasteiger partial charge is 0.242 e. The van der Waals surface area contributed by atoms with E-state index in [2.05, 4.69) is 4.98 Å². The minimum atomic E-state index is -1.06. The molecule has 98 valence electrons. The molecule has 0 aromatic carbocycles. The molecule has 1 aromatic heterocycles. The normalized spacial score (nSPS) is 22.8. The number of carbonyl (C=O) groups is 1. The van der Waals surface area contributed by atoms with Gasteiger partial charge in [0.05, 0.1) is 6.10 Å². The van der Waals surface area contributed by atoms with Crippen molar-refractivity contribution in [2.45, 2.75) is 24.7 Å². The zero-order chi connectivity index (χ0) is 13.1. The highest BCUT2D eigenvalue weighted by Gasteiger charge is 2.32.